The van der Waals surface area contributed by atoms with Gasteiger partial charge in [-0.25, -0.2) is 4.98 Å². The lowest BCUT2D eigenvalue weighted by Gasteiger charge is -2.26. The third-order valence-electron chi connectivity index (χ3n) is 4.25. The number of methoxy groups -OCH3 is 1. The summed E-state index contributed by atoms with van der Waals surface area (Å²) in [5, 5.41) is 8.76. The maximum Gasteiger partial charge on any atom is 0.308 e. The Morgan fingerprint density at radius 3 is 2.76 bits per heavy atom. The first-order valence-corrected chi connectivity index (χ1v) is 7.43. The van der Waals surface area contributed by atoms with Crippen molar-refractivity contribution in [2.45, 2.75) is 39.0 Å². The Bertz CT molecular complexity index is 644. The zero-order valence-electron chi connectivity index (χ0n) is 12.5. The van der Waals surface area contributed by atoms with Crippen LogP contribution in [-0.4, -0.2) is 32.9 Å². The Labute approximate surface area is 123 Å². The van der Waals surface area contributed by atoms with E-state index in [1.807, 2.05) is 19.1 Å². The van der Waals surface area contributed by atoms with Crippen LogP contribution in [0.25, 0.3) is 5.65 Å². The normalized spacial score (nSPS) is 22.4. The van der Waals surface area contributed by atoms with E-state index in [1.54, 1.807) is 4.63 Å². The van der Waals surface area contributed by atoms with E-state index in [0.717, 1.165) is 49.3 Å². The average molecular weight is 288 g/mol. The van der Waals surface area contributed by atoms with Crippen LogP contribution >= 0.6 is 0 Å². The van der Waals surface area contributed by atoms with E-state index in [4.69, 9.17) is 4.74 Å². The highest BCUT2D eigenvalue weighted by Gasteiger charge is 2.27. The Hall–Kier alpha value is -1.98. The first-order valence-electron chi connectivity index (χ1n) is 7.43. The van der Waals surface area contributed by atoms with Crippen LogP contribution in [0.1, 0.15) is 37.2 Å². The van der Waals surface area contributed by atoms with Crippen LogP contribution in [0.2, 0.25) is 0 Å². The quantitative estimate of drug-likeness (QED) is 0.807. The van der Waals surface area contributed by atoms with Crippen LogP contribution in [0, 0.1) is 18.8 Å². The molecule has 0 aromatic carbocycles. The fourth-order valence-electron chi connectivity index (χ4n) is 3.10. The highest BCUT2D eigenvalue weighted by atomic mass is 16.5. The number of carbonyl (C=O) groups excluding carboxylic acids is 1. The largest absolute Gasteiger partial charge is 0.469 e. The minimum absolute atomic E-state index is 0.0638. The van der Waals surface area contributed by atoms with Gasteiger partial charge in [-0.05, 0) is 57.1 Å². The molecule has 6 heteroatoms. The number of hydrogen-bond acceptors (Lipinski definition) is 5. The average Bonchev–Trinajstić information content (AvgIpc) is 2.86. The summed E-state index contributed by atoms with van der Waals surface area (Å²) in [6, 6.07) is 3.98. The summed E-state index contributed by atoms with van der Waals surface area (Å²) in [7, 11) is 1.47. The van der Waals surface area contributed by atoms with Crippen molar-refractivity contribution in [3.63, 3.8) is 0 Å². The highest BCUT2D eigenvalue weighted by Crippen LogP contribution is 2.31. The van der Waals surface area contributed by atoms with E-state index in [0.29, 0.717) is 5.92 Å². The molecule has 6 nitrogen and oxygen atoms in total. The molecule has 1 fully saturated rings. The molecule has 1 aliphatic carbocycles. The van der Waals surface area contributed by atoms with Crippen molar-refractivity contribution in [1.82, 2.24) is 19.8 Å². The summed E-state index contributed by atoms with van der Waals surface area (Å²) < 4.78 is 6.43. The monoisotopic (exact) mass is 288 g/mol. The molecule has 2 heterocycles. The summed E-state index contributed by atoms with van der Waals surface area (Å²) in [5.74, 6) is 1.34. The summed E-state index contributed by atoms with van der Waals surface area (Å²) in [5.41, 5.74) is 1.82. The molecule has 21 heavy (non-hydrogen) atoms. The fourth-order valence-corrected chi connectivity index (χ4v) is 3.10. The van der Waals surface area contributed by atoms with Gasteiger partial charge < -0.3 is 4.74 Å². The smallest absolute Gasteiger partial charge is 0.308 e. The minimum Gasteiger partial charge on any atom is -0.469 e. The van der Waals surface area contributed by atoms with E-state index in [2.05, 4.69) is 15.2 Å². The lowest BCUT2D eigenvalue weighted by Crippen LogP contribution is -2.24. The molecule has 0 bridgehead atoms. The number of rotatable bonds is 3. The third-order valence-corrected chi connectivity index (χ3v) is 4.25. The third kappa shape index (κ3) is 3.04. The Morgan fingerprint density at radius 1 is 1.29 bits per heavy atom. The molecule has 1 saturated carbocycles. The van der Waals surface area contributed by atoms with Crippen molar-refractivity contribution in [1.29, 1.82) is 0 Å². The van der Waals surface area contributed by atoms with E-state index in [1.165, 1.54) is 7.11 Å². The molecule has 3 rings (SSSR count). The van der Waals surface area contributed by atoms with Gasteiger partial charge in [0.25, 0.3) is 0 Å². The summed E-state index contributed by atoms with van der Waals surface area (Å²) >= 11 is 0. The van der Waals surface area contributed by atoms with E-state index >= 15 is 0 Å². The van der Waals surface area contributed by atoms with Gasteiger partial charge in [-0.3, -0.25) is 4.79 Å². The zero-order valence-corrected chi connectivity index (χ0v) is 12.5. The maximum atomic E-state index is 11.5. The Kier molecular flexibility index (Phi) is 3.86. The summed E-state index contributed by atoms with van der Waals surface area (Å²) in [4.78, 5) is 15.8. The molecule has 0 unspecified atom stereocenters. The van der Waals surface area contributed by atoms with Crippen molar-refractivity contribution < 1.29 is 9.53 Å². The first-order chi connectivity index (χ1) is 10.2. The molecule has 0 saturated heterocycles. The van der Waals surface area contributed by atoms with Crippen LogP contribution in [0.15, 0.2) is 12.1 Å². The van der Waals surface area contributed by atoms with E-state index in [-0.39, 0.29) is 11.9 Å². The van der Waals surface area contributed by atoms with Crippen LogP contribution in [0.5, 0.6) is 0 Å². The predicted molar refractivity (Wildman–Crippen MR) is 76.7 cm³/mol. The highest BCUT2D eigenvalue weighted by molar-refractivity contribution is 5.72. The number of esters is 1. The van der Waals surface area contributed by atoms with Crippen LogP contribution in [0.4, 0.5) is 0 Å². The van der Waals surface area contributed by atoms with Crippen LogP contribution < -0.4 is 0 Å². The topological polar surface area (TPSA) is 69.4 Å². The molecule has 2 aromatic rings. The molecule has 0 atom stereocenters. The van der Waals surface area contributed by atoms with Gasteiger partial charge in [-0.2, -0.15) is 5.10 Å². The van der Waals surface area contributed by atoms with Gasteiger partial charge in [0.2, 0.25) is 0 Å². The van der Waals surface area contributed by atoms with Gasteiger partial charge in [-0.15, -0.1) is 9.73 Å². The first kappa shape index (κ1) is 14.0. The second-order valence-electron chi connectivity index (χ2n) is 5.78. The van der Waals surface area contributed by atoms with Crippen molar-refractivity contribution in [2.75, 3.05) is 7.11 Å². The number of hydrogen-bond donors (Lipinski definition) is 0. The molecule has 0 radical (unpaired) electrons. The number of ether oxygens (including phenoxy) is 1. The minimum atomic E-state index is -0.0638. The lowest BCUT2D eigenvalue weighted by atomic mass is 9.80. The van der Waals surface area contributed by atoms with Gasteiger partial charge in [0.15, 0.2) is 5.65 Å². The molecule has 0 N–H and O–H groups in total. The lowest BCUT2D eigenvalue weighted by molar-refractivity contribution is -0.146. The second kappa shape index (κ2) is 5.79. The zero-order chi connectivity index (χ0) is 14.8. The second-order valence-corrected chi connectivity index (χ2v) is 5.78. The number of aryl methyl sites for hydroxylation is 1. The molecular formula is C15H20N4O2. The predicted octanol–water partition coefficient (Wildman–Crippen LogP) is 1.95. The number of aromatic nitrogens is 4. The SMILES string of the molecule is COC(=O)C1CCC(Cc2ccc3nc(C)nn3n2)CC1. The summed E-state index contributed by atoms with van der Waals surface area (Å²) in [6.45, 7) is 1.86. The van der Waals surface area contributed by atoms with Crippen molar-refractivity contribution in [3.8, 4) is 0 Å². The van der Waals surface area contributed by atoms with Crippen molar-refractivity contribution >= 4 is 11.6 Å². The van der Waals surface area contributed by atoms with Gasteiger partial charge in [0, 0.05) is 0 Å². The molecule has 112 valence electrons. The molecule has 0 spiro atoms. The molecule has 2 aromatic heterocycles. The van der Waals surface area contributed by atoms with Gasteiger partial charge in [0.1, 0.15) is 5.82 Å². The molecule has 1 aliphatic rings. The number of carbonyl (C=O) groups is 1. The van der Waals surface area contributed by atoms with E-state index < -0.39 is 0 Å². The summed E-state index contributed by atoms with van der Waals surface area (Å²) in [6.07, 6.45) is 4.87. The van der Waals surface area contributed by atoms with Gasteiger partial charge >= 0.3 is 5.97 Å². The standard InChI is InChI=1S/C15H20N4O2/c1-10-16-14-8-7-13(18-19(14)17-10)9-11-3-5-12(6-4-11)15(20)21-2/h7-8,11-12H,3-6,9H2,1-2H3. The number of nitrogens with zero attached hydrogens (tertiary/aromatic N) is 4. The van der Waals surface area contributed by atoms with E-state index in [9.17, 15) is 4.79 Å². The van der Waals surface area contributed by atoms with Crippen molar-refractivity contribution in [3.05, 3.63) is 23.7 Å². The fraction of sp³-hybridized carbons (Fsp3) is 0.600. The van der Waals surface area contributed by atoms with Gasteiger partial charge in [0.05, 0.1) is 18.7 Å². The molecule has 0 amide bonds. The molecular weight excluding hydrogens is 268 g/mol. The van der Waals surface area contributed by atoms with Crippen molar-refractivity contribution in [2.24, 2.45) is 11.8 Å². The van der Waals surface area contributed by atoms with Crippen LogP contribution in [-0.2, 0) is 16.0 Å². The number of fused-ring (bicyclic) bond motifs is 1. The molecule has 0 aliphatic heterocycles. The van der Waals surface area contributed by atoms with Crippen LogP contribution in [0.3, 0.4) is 0 Å². The Balaban J connectivity index is 1.62. The van der Waals surface area contributed by atoms with Gasteiger partial charge in [-0.1, -0.05) is 0 Å². The maximum absolute atomic E-state index is 11.5. The Morgan fingerprint density at radius 2 is 2.05 bits per heavy atom.